The predicted molar refractivity (Wildman–Crippen MR) is 142 cm³/mol. The average Bonchev–Trinajstić information content (AvgIpc) is 3.53. The van der Waals surface area contributed by atoms with Crippen LogP contribution in [0.3, 0.4) is 0 Å². The van der Waals surface area contributed by atoms with E-state index in [0.717, 1.165) is 65.8 Å². The summed E-state index contributed by atoms with van der Waals surface area (Å²) in [6.45, 7) is 13.4. The fraction of sp³-hybridized carbons (Fsp3) is 0.393. The first-order chi connectivity index (χ1) is 17.7. The van der Waals surface area contributed by atoms with Crippen molar-refractivity contribution in [3.63, 3.8) is 0 Å². The Morgan fingerprint density at radius 2 is 1.84 bits per heavy atom. The zero-order valence-electron chi connectivity index (χ0n) is 22.1. The van der Waals surface area contributed by atoms with Crippen LogP contribution in [0.15, 0.2) is 48.9 Å². The first kappa shape index (κ1) is 24.8. The van der Waals surface area contributed by atoms with Gasteiger partial charge in [-0.2, -0.15) is 5.10 Å². The van der Waals surface area contributed by atoms with E-state index in [2.05, 4.69) is 52.1 Å². The molecular weight excluding hydrogens is 466 g/mol. The van der Waals surface area contributed by atoms with Gasteiger partial charge in [-0.3, -0.25) is 14.5 Å². The van der Waals surface area contributed by atoms with Gasteiger partial charge >= 0.3 is 0 Å². The summed E-state index contributed by atoms with van der Waals surface area (Å²) in [5, 5.41) is 13.4. The lowest BCUT2D eigenvalue weighted by molar-refractivity contribution is 0.0986. The Morgan fingerprint density at radius 1 is 1.05 bits per heavy atom. The van der Waals surface area contributed by atoms with Crippen molar-refractivity contribution in [1.82, 2.24) is 29.8 Å². The number of carbonyl (C=O) groups is 1. The molecule has 9 nitrogen and oxygen atoms in total. The number of nitrogens with zero attached hydrogens (tertiary/aromatic N) is 7. The van der Waals surface area contributed by atoms with E-state index in [9.17, 15) is 4.79 Å². The van der Waals surface area contributed by atoms with Gasteiger partial charge in [-0.05, 0) is 63.9 Å². The van der Waals surface area contributed by atoms with Crippen molar-refractivity contribution in [2.24, 2.45) is 0 Å². The number of pyridine rings is 1. The zero-order chi connectivity index (χ0) is 26.2. The summed E-state index contributed by atoms with van der Waals surface area (Å²) in [6, 6.07) is 9.96. The Balaban J connectivity index is 1.37. The molecule has 192 valence electrons. The molecule has 9 heteroatoms. The van der Waals surface area contributed by atoms with Gasteiger partial charge in [0.05, 0.1) is 42.5 Å². The molecule has 4 aromatic rings. The fourth-order valence-electron chi connectivity index (χ4n) is 4.65. The van der Waals surface area contributed by atoms with E-state index in [1.54, 1.807) is 10.9 Å². The van der Waals surface area contributed by atoms with Gasteiger partial charge in [0.15, 0.2) is 5.78 Å². The summed E-state index contributed by atoms with van der Waals surface area (Å²) in [6.07, 6.45) is 5.85. The van der Waals surface area contributed by atoms with Gasteiger partial charge in [0.25, 0.3) is 0 Å². The third-order valence-corrected chi connectivity index (χ3v) is 6.58. The van der Waals surface area contributed by atoms with Crippen molar-refractivity contribution in [2.45, 2.75) is 46.6 Å². The second-order valence-corrected chi connectivity index (χ2v) is 10.6. The van der Waals surface area contributed by atoms with E-state index < -0.39 is 0 Å². The van der Waals surface area contributed by atoms with Crippen LogP contribution in [0.5, 0.6) is 0 Å². The first-order valence-electron chi connectivity index (χ1n) is 12.6. The average molecular weight is 500 g/mol. The summed E-state index contributed by atoms with van der Waals surface area (Å²) in [7, 11) is 0. The standard InChI is InChI=1S/C28H33N7O2/c1-19-6-7-21(14-27(36)24-12-20(2)35(31-24)28(3,4)5)13-26(19)34-18-25(30-32-34)22-15-23(17-29-16-22)33-8-10-37-11-9-33/h6-7,12-13,15-18H,8-11,14H2,1-5H3. The Morgan fingerprint density at radius 3 is 2.57 bits per heavy atom. The van der Waals surface area contributed by atoms with Crippen molar-refractivity contribution < 1.29 is 9.53 Å². The van der Waals surface area contributed by atoms with E-state index in [0.29, 0.717) is 5.69 Å². The zero-order valence-corrected chi connectivity index (χ0v) is 22.1. The van der Waals surface area contributed by atoms with Crippen molar-refractivity contribution >= 4 is 11.5 Å². The number of Topliss-reactive ketones (excluding diaryl/α,β-unsaturated/α-hetero) is 1. The monoisotopic (exact) mass is 499 g/mol. The molecule has 1 aromatic carbocycles. The number of anilines is 1. The number of rotatable bonds is 6. The molecule has 0 atom stereocenters. The Labute approximate surface area is 217 Å². The molecule has 0 unspecified atom stereocenters. The quantitative estimate of drug-likeness (QED) is 0.368. The smallest absolute Gasteiger partial charge is 0.187 e. The van der Waals surface area contributed by atoms with Crippen LogP contribution in [0.2, 0.25) is 0 Å². The summed E-state index contributed by atoms with van der Waals surface area (Å²) >= 11 is 0. The fourth-order valence-corrected chi connectivity index (χ4v) is 4.65. The van der Waals surface area contributed by atoms with Crippen molar-refractivity contribution in [2.75, 3.05) is 31.2 Å². The number of hydrogen-bond donors (Lipinski definition) is 0. The minimum atomic E-state index is -0.179. The number of ether oxygens (including phenoxy) is 1. The van der Waals surface area contributed by atoms with E-state index in [-0.39, 0.29) is 17.7 Å². The van der Waals surface area contributed by atoms with Crippen LogP contribution in [0, 0.1) is 13.8 Å². The van der Waals surface area contributed by atoms with Gasteiger partial charge in [-0.25, -0.2) is 4.68 Å². The Bertz CT molecular complexity index is 1420. The molecule has 1 saturated heterocycles. The maximum Gasteiger partial charge on any atom is 0.187 e. The highest BCUT2D eigenvalue weighted by Crippen LogP contribution is 2.25. The molecule has 0 spiro atoms. The molecule has 0 N–H and O–H groups in total. The molecule has 0 amide bonds. The molecule has 0 bridgehead atoms. The van der Waals surface area contributed by atoms with Crippen molar-refractivity contribution in [3.05, 3.63) is 71.4 Å². The van der Waals surface area contributed by atoms with Crippen LogP contribution in [0.4, 0.5) is 5.69 Å². The lowest BCUT2D eigenvalue weighted by Gasteiger charge is -2.28. The molecule has 1 aliphatic heterocycles. The topological polar surface area (TPSA) is 91.0 Å². The molecule has 5 rings (SSSR count). The number of morpholine rings is 1. The lowest BCUT2D eigenvalue weighted by Crippen LogP contribution is -2.36. The van der Waals surface area contributed by atoms with Crippen molar-refractivity contribution in [3.8, 4) is 16.9 Å². The van der Waals surface area contributed by atoms with Crippen LogP contribution < -0.4 is 4.90 Å². The normalized spacial score (nSPS) is 14.2. The van der Waals surface area contributed by atoms with E-state index in [1.807, 2.05) is 55.2 Å². The highest BCUT2D eigenvalue weighted by atomic mass is 16.5. The van der Waals surface area contributed by atoms with Crippen LogP contribution in [0.1, 0.15) is 48.1 Å². The maximum atomic E-state index is 13.1. The summed E-state index contributed by atoms with van der Waals surface area (Å²) < 4.78 is 9.13. The van der Waals surface area contributed by atoms with Crippen LogP contribution >= 0.6 is 0 Å². The van der Waals surface area contributed by atoms with Crippen molar-refractivity contribution in [1.29, 1.82) is 0 Å². The Hall–Kier alpha value is -3.85. The number of hydrogen-bond acceptors (Lipinski definition) is 7. The number of benzene rings is 1. The lowest BCUT2D eigenvalue weighted by atomic mass is 10.0. The van der Waals surface area contributed by atoms with Gasteiger partial charge < -0.3 is 9.64 Å². The van der Waals surface area contributed by atoms with Gasteiger partial charge in [0, 0.05) is 37.0 Å². The number of ketones is 1. The van der Waals surface area contributed by atoms with E-state index >= 15 is 0 Å². The van der Waals surface area contributed by atoms with E-state index in [1.165, 1.54) is 0 Å². The molecule has 1 aliphatic rings. The third kappa shape index (κ3) is 5.32. The number of carbonyl (C=O) groups excluding carboxylic acids is 1. The highest BCUT2D eigenvalue weighted by molar-refractivity contribution is 5.96. The predicted octanol–water partition coefficient (Wildman–Crippen LogP) is 4.16. The number of aromatic nitrogens is 6. The SMILES string of the molecule is Cc1ccc(CC(=O)c2cc(C)n(C(C)(C)C)n2)cc1-n1cc(-c2cncc(N3CCOCC3)c2)nn1. The van der Waals surface area contributed by atoms with Crippen LogP contribution in [-0.4, -0.2) is 61.8 Å². The maximum absolute atomic E-state index is 13.1. The second kappa shape index (κ2) is 9.89. The number of aryl methyl sites for hydroxylation is 2. The minimum absolute atomic E-state index is 0.00816. The summed E-state index contributed by atoms with van der Waals surface area (Å²) in [4.78, 5) is 19.8. The second-order valence-electron chi connectivity index (χ2n) is 10.6. The summed E-state index contributed by atoms with van der Waals surface area (Å²) in [5.74, 6) is -0.00816. The minimum Gasteiger partial charge on any atom is -0.378 e. The molecule has 0 saturated carbocycles. The molecule has 3 aromatic heterocycles. The van der Waals surface area contributed by atoms with E-state index in [4.69, 9.17) is 4.74 Å². The van der Waals surface area contributed by atoms with Crippen LogP contribution in [-0.2, 0) is 16.7 Å². The highest BCUT2D eigenvalue weighted by Gasteiger charge is 2.21. The Kier molecular flexibility index (Phi) is 6.64. The molecule has 1 fully saturated rings. The molecule has 0 aliphatic carbocycles. The van der Waals surface area contributed by atoms with Crippen LogP contribution in [0.25, 0.3) is 16.9 Å². The molecule has 4 heterocycles. The molecule has 37 heavy (non-hydrogen) atoms. The van der Waals surface area contributed by atoms with Gasteiger partial charge in [0.1, 0.15) is 11.4 Å². The molecular formula is C28H33N7O2. The van der Waals surface area contributed by atoms with Gasteiger partial charge in [-0.15, -0.1) is 5.10 Å². The largest absolute Gasteiger partial charge is 0.378 e. The van der Waals surface area contributed by atoms with Gasteiger partial charge in [-0.1, -0.05) is 17.3 Å². The third-order valence-electron chi connectivity index (χ3n) is 6.58. The summed E-state index contributed by atoms with van der Waals surface area (Å²) in [5.41, 5.74) is 6.82. The van der Waals surface area contributed by atoms with Gasteiger partial charge in [0.2, 0.25) is 0 Å². The first-order valence-corrected chi connectivity index (χ1v) is 12.6. The molecule has 0 radical (unpaired) electrons.